The molecule has 0 saturated carbocycles. The Bertz CT molecular complexity index is 708. The standard InChI is InChI=1S/C17H24N4O3S/c1-6-21-16(11(2)3)19-20-17(21)25-10-15(22)18-12-7-13(23-4)9-14(8-12)24-5/h7-9,11H,6,10H2,1-5H3,(H,18,22). The molecule has 0 unspecified atom stereocenters. The molecule has 8 heteroatoms. The maximum atomic E-state index is 12.3. The molecule has 136 valence electrons. The summed E-state index contributed by atoms with van der Waals surface area (Å²) in [4.78, 5) is 12.3. The van der Waals surface area contributed by atoms with Crippen LogP contribution in [0.2, 0.25) is 0 Å². The molecule has 2 aromatic rings. The molecule has 0 bridgehead atoms. The predicted octanol–water partition coefficient (Wildman–Crippen LogP) is 3.17. The Labute approximate surface area is 152 Å². The van der Waals surface area contributed by atoms with Crippen molar-refractivity contribution >= 4 is 23.4 Å². The maximum absolute atomic E-state index is 12.3. The van der Waals surface area contributed by atoms with Crippen molar-refractivity contribution in [3.63, 3.8) is 0 Å². The summed E-state index contributed by atoms with van der Waals surface area (Å²) in [6.45, 7) is 6.97. The van der Waals surface area contributed by atoms with E-state index in [1.54, 1.807) is 32.4 Å². The average Bonchev–Trinajstić information content (AvgIpc) is 3.02. The Kier molecular flexibility index (Phi) is 6.69. The van der Waals surface area contributed by atoms with Gasteiger partial charge in [0, 0.05) is 36.3 Å². The van der Waals surface area contributed by atoms with Crippen LogP contribution in [0.25, 0.3) is 0 Å². The average molecular weight is 364 g/mol. The molecule has 1 amide bonds. The van der Waals surface area contributed by atoms with Crippen molar-refractivity contribution < 1.29 is 14.3 Å². The number of ether oxygens (including phenoxy) is 2. The number of hydrogen-bond donors (Lipinski definition) is 1. The molecule has 0 radical (unpaired) electrons. The smallest absolute Gasteiger partial charge is 0.234 e. The number of anilines is 1. The number of rotatable bonds is 8. The van der Waals surface area contributed by atoms with Gasteiger partial charge in [-0.25, -0.2) is 0 Å². The van der Waals surface area contributed by atoms with Gasteiger partial charge in [-0.05, 0) is 6.92 Å². The van der Waals surface area contributed by atoms with Crippen LogP contribution in [0.1, 0.15) is 32.5 Å². The highest BCUT2D eigenvalue weighted by Crippen LogP contribution is 2.26. The lowest BCUT2D eigenvalue weighted by Crippen LogP contribution is -2.15. The molecule has 1 heterocycles. The Morgan fingerprint density at radius 2 is 1.84 bits per heavy atom. The first-order valence-electron chi connectivity index (χ1n) is 8.07. The number of carbonyl (C=O) groups is 1. The zero-order chi connectivity index (χ0) is 18.4. The van der Waals surface area contributed by atoms with Gasteiger partial charge in [0.2, 0.25) is 5.91 Å². The highest BCUT2D eigenvalue weighted by atomic mass is 32.2. The van der Waals surface area contributed by atoms with Crippen LogP contribution in [0.3, 0.4) is 0 Å². The van der Waals surface area contributed by atoms with Crippen molar-refractivity contribution in [3.05, 3.63) is 24.0 Å². The number of methoxy groups -OCH3 is 2. The molecule has 0 spiro atoms. The van der Waals surface area contributed by atoms with E-state index < -0.39 is 0 Å². The third-order valence-corrected chi connectivity index (χ3v) is 4.51. The first kappa shape index (κ1) is 19.1. The number of nitrogens with one attached hydrogen (secondary N) is 1. The van der Waals surface area contributed by atoms with E-state index in [-0.39, 0.29) is 11.7 Å². The molecule has 0 atom stereocenters. The highest BCUT2D eigenvalue weighted by molar-refractivity contribution is 7.99. The molecule has 1 N–H and O–H groups in total. The van der Waals surface area contributed by atoms with Gasteiger partial charge in [-0.15, -0.1) is 10.2 Å². The molecule has 0 aliphatic heterocycles. The van der Waals surface area contributed by atoms with Crippen LogP contribution in [-0.4, -0.2) is 40.6 Å². The fourth-order valence-electron chi connectivity index (χ4n) is 2.34. The Balaban J connectivity index is 2.02. The van der Waals surface area contributed by atoms with Crippen LogP contribution in [0.15, 0.2) is 23.4 Å². The van der Waals surface area contributed by atoms with Crippen LogP contribution >= 0.6 is 11.8 Å². The first-order chi connectivity index (χ1) is 12.0. The summed E-state index contributed by atoms with van der Waals surface area (Å²) in [6, 6.07) is 5.24. The molecule has 7 nitrogen and oxygen atoms in total. The number of amides is 1. The van der Waals surface area contributed by atoms with Gasteiger partial charge in [0.05, 0.1) is 20.0 Å². The van der Waals surface area contributed by atoms with Crippen molar-refractivity contribution in [2.75, 3.05) is 25.3 Å². The van der Waals surface area contributed by atoms with Gasteiger partial charge in [-0.2, -0.15) is 0 Å². The summed E-state index contributed by atoms with van der Waals surface area (Å²) in [5.74, 6) is 2.58. The van der Waals surface area contributed by atoms with E-state index in [0.29, 0.717) is 23.1 Å². The highest BCUT2D eigenvalue weighted by Gasteiger charge is 2.15. The largest absolute Gasteiger partial charge is 0.497 e. The van der Waals surface area contributed by atoms with Gasteiger partial charge < -0.3 is 19.4 Å². The van der Waals surface area contributed by atoms with Crippen molar-refractivity contribution in [2.24, 2.45) is 0 Å². The second-order valence-electron chi connectivity index (χ2n) is 5.68. The lowest BCUT2D eigenvalue weighted by Gasteiger charge is -2.11. The minimum absolute atomic E-state index is 0.128. The maximum Gasteiger partial charge on any atom is 0.234 e. The summed E-state index contributed by atoms with van der Waals surface area (Å²) in [6.07, 6.45) is 0. The van der Waals surface area contributed by atoms with Gasteiger partial charge >= 0.3 is 0 Å². The molecule has 25 heavy (non-hydrogen) atoms. The predicted molar refractivity (Wildman–Crippen MR) is 98.7 cm³/mol. The molecular formula is C17H24N4O3S. The number of nitrogens with zero attached hydrogens (tertiary/aromatic N) is 3. The van der Waals surface area contributed by atoms with E-state index >= 15 is 0 Å². The second kappa shape index (κ2) is 8.75. The zero-order valence-corrected chi connectivity index (χ0v) is 16.0. The summed E-state index contributed by atoms with van der Waals surface area (Å²) < 4.78 is 12.4. The minimum Gasteiger partial charge on any atom is -0.497 e. The van der Waals surface area contributed by atoms with Crippen LogP contribution in [-0.2, 0) is 11.3 Å². The van der Waals surface area contributed by atoms with Gasteiger partial charge in [-0.1, -0.05) is 25.6 Å². The Morgan fingerprint density at radius 1 is 1.20 bits per heavy atom. The first-order valence-corrected chi connectivity index (χ1v) is 9.05. The van der Waals surface area contributed by atoms with Crippen molar-refractivity contribution in [1.29, 1.82) is 0 Å². The van der Waals surface area contributed by atoms with E-state index in [1.807, 2.05) is 11.5 Å². The third kappa shape index (κ3) is 4.88. The molecule has 0 aliphatic carbocycles. The summed E-state index contributed by atoms with van der Waals surface area (Å²) in [7, 11) is 3.14. The molecule has 0 aliphatic rings. The summed E-state index contributed by atoms with van der Waals surface area (Å²) in [5.41, 5.74) is 0.627. The molecule has 1 aromatic heterocycles. The number of thioether (sulfide) groups is 1. The van der Waals surface area contributed by atoms with E-state index in [1.165, 1.54) is 11.8 Å². The van der Waals surface area contributed by atoms with Gasteiger partial charge in [0.15, 0.2) is 5.16 Å². The van der Waals surface area contributed by atoms with Crippen LogP contribution in [0.5, 0.6) is 11.5 Å². The molecule has 0 saturated heterocycles. The van der Waals surface area contributed by atoms with Crippen molar-refractivity contribution in [3.8, 4) is 11.5 Å². The Morgan fingerprint density at radius 3 is 2.36 bits per heavy atom. The normalized spacial score (nSPS) is 10.8. The summed E-state index contributed by atoms with van der Waals surface area (Å²) in [5, 5.41) is 12.0. The topological polar surface area (TPSA) is 78.3 Å². The van der Waals surface area contributed by atoms with Gasteiger partial charge in [0.1, 0.15) is 17.3 Å². The zero-order valence-electron chi connectivity index (χ0n) is 15.2. The molecule has 1 aromatic carbocycles. The molecule has 2 rings (SSSR count). The second-order valence-corrected chi connectivity index (χ2v) is 6.62. The van der Waals surface area contributed by atoms with Crippen LogP contribution in [0, 0.1) is 0 Å². The van der Waals surface area contributed by atoms with Crippen molar-refractivity contribution in [2.45, 2.75) is 38.4 Å². The fraction of sp³-hybridized carbons (Fsp3) is 0.471. The van der Waals surface area contributed by atoms with Crippen LogP contribution in [0.4, 0.5) is 5.69 Å². The lowest BCUT2D eigenvalue weighted by molar-refractivity contribution is -0.113. The monoisotopic (exact) mass is 364 g/mol. The number of hydrogen-bond acceptors (Lipinski definition) is 6. The number of benzene rings is 1. The summed E-state index contributed by atoms with van der Waals surface area (Å²) >= 11 is 1.37. The third-order valence-electron chi connectivity index (χ3n) is 3.55. The van der Waals surface area contributed by atoms with E-state index in [0.717, 1.165) is 17.5 Å². The number of aromatic nitrogens is 3. The van der Waals surface area contributed by atoms with Crippen molar-refractivity contribution in [1.82, 2.24) is 14.8 Å². The number of carbonyl (C=O) groups excluding carboxylic acids is 1. The fourth-order valence-corrected chi connectivity index (χ4v) is 3.15. The van der Waals surface area contributed by atoms with E-state index in [2.05, 4.69) is 29.4 Å². The SMILES string of the molecule is CCn1c(SCC(=O)Nc2cc(OC)cc(OC)c2)nnc1C(C)C. The molecule has 0 fully saturated rings. The van der Waals surface area contributed by atoms with E-state index in [4.69, 9.17) is 9.47 Å². The minimum atomic E-state index is -0.128. The Hall–Kier alpha value is -2.22. The lowest BCUT2D eigenvalue weighted by atomic mass is 10.2. The van der Waals surface area contributed by atoms with Gasteiger partial charge in [0.25, 0.3) is 0 Å². The van der Waals surface area contributed by atoms with Gasteiger partial charge in [-0.3, -0.25) is 4.79 Å². The van der Waals surface area contributed by atoms with Crippen LogP contribution < -0.4 is 14.8 Å². The van der Waals surface area contributed by atoms with E-state index in [9.17, 15) is 4.79 Å². The molecular weight excluding hydrogens is 340 g/mol. The quantitative estimate of drug-likeness (QED) is 0.725.